The van der Waals surface area contributed by atoms with E-state index in [0.29, 0.717) is 5.52 Å². The third-order valence-electron chi connectivity index (χ3n) is 2.76. The second-order valence-electron chi connectivity index (χ2n) is 4.40. The highest BCUT2D eigenvalue weighted by Crippen LogP contribution is 2.08. The number of ether oxygens (including phenoxy) is 1. The molecule has 1 aromatic heterocycles. The third-order valence-corrected chi connectivity index (χ3v) is 2.76. The van der Waals surface area contributed by atoms with E-state index >= 15 is 0 Å². The molecule has 1 aromatic carbocycles. The lowest BCUT2D eigenvalue weighted by molar-refractivity contribution is -0.141. The molecule has 0 saturated carbocycles. The van der Waals surface area contributed by atoms with Crippen LogP contribution in [0.2, 0.25) is 0 Å². The fourth-order valence-electron chi connectivity index (χ4n) is 1.75. The highest BCUT2D eigenvalue weighted by Gasteiger charge is 2.15. The second-order valence-corrected chi connectivity index (χ2v) is 4.40. The van der Waals surface area contributed by atoms with E-state index in [9.17, 15) is 9.59 Å². The number of para-hydroxylation sites is 2. The van der Waals surface area contributed by atoms with Crippen molar-refractivity contribution in [2.24, 2.45) is 0 Å². The zero-order valence-corrected chi connectivity index (χ0v) is 11.3. The SMILES string of the molecule is COC(=O)CC(C)NC(=O)c1cnc2ccccc2n1. The van der Waals surface area contributed by atoms with Gasteiger partial charge in [0.1, 0.15) is 5.69 Å². The highest BCUT2D eigenvalue weighted by atomic mass is 16.5. The minimum atomic E-state index is -0.373. The first kappa shape index (κ1) is 13.9. The number of rotatable bonds is 4. The summed E-state index contributed by atoms with van der Waals surface area (Å²) < 4.78 is 4.55. The Bertz CT molecular complexity index is 642. The van der Waals surface area contributed by atoms with E-state index in [2.05, 4.69) is 20.0 Å². The van der Waals surface area contributed by atoms with Crippen molar-refractivity contribution in [1.82, 2.24) is 15.3 Å². The summed E-state index contributed by atoms with van der Waals surface area (Å²) in [6.07, 6.45) is 1.53. The molecule has 1 amide bonds. The molecule has 2 aromatic rings. The van der Waals surface area contributed by atoms with Gasteiger partial charge in [0.25, 0.3) is 5.91 Å². The van der Waals surface area contributed by atoms with Gasteiger partial charge in [-0.25, -0.2) is 4.98 Å². The summed E-state index contributed by atoms with van der Waals surface area (Å²) >= 11 is 0. The number of nitrogens with one attached hydrogen (secondary N) is 1. The largest absolute Gasteiger partial charge is 0.469 e. The van der Waals surface area contributed by atoms with Gasteiger partial charge in [0.15, 0.2) is 0 Å². The molecule has 1 atom stereocenters. The van der Waals surface area contributed by atoms with Crippen LogP contribution in [0.15, 0.2) is 30.5 Å². The van der Waals surface area contributed by atoms with Crippen molar-refractivity contribution in [3.05, 3.63) is 36.2 Å². The van der Waals surface area contributed by atoms with Crippen molar-refractivity contribution in [3.63, 3.8) is 0 Å². The molecule has 0 aliphatic rings. The van der Waals surface area contributed by atoms with Crippen molar-refractivity contribution in [1.29, 1.82) is 0 Å². The molecule has 6 nitrogen and oxygen atoms in total. The van der Waals surface area contributed by atoms with Crippen molar-refractivity contribution >= 4 is 22.9 Å². The lowest BCUT2D eigenvalue weighted by atomic mass is 10.2. The van der Waals surface area contributed by atoms with Gasteiger partial charge in [0.05, 0.1) is 30.8 Å². The van der Waals surface area contributed by atoms with E-state index in [1.54, 1.807) is 13.0 Å². The summed E-state index contributed by atoms with van der Waals surface area (Å²) in [4.78, 5) is 31.5. The first-order valence-corrected chi connectivity index (χ1v) is 6.19. The van der Waals surface area contributed by atoms with Crippen LogP contribution in [0.25, 0.3) is 11.0 Å². The van der Waals surface area contributed by atoms with Gasteiger partial charge in [-0.3, -0.25) is 14.6 Å². The lowest BCUT2D eigenvalue weighted by Gasteiger charge is -2.12. The van der Waals surface area contributed by atoms with Crippen LogP contribution in [0.1, 0.15) is 23.8 Å². The smallest absolute Gasteiger partial charge is 0.307 e. The molecule has 1 unspecified atom stereocenters. The quantitative estimate of drug-likeness (QED) is 0.849. The molecule has 104 valence electrons. The Hall–Kier alpha value is -2.50. The first-order chi connectivity index (χ1) is 9.60. The topological polar surface area (TPSA) is 81.2 Å². The standard InChI is InChI=1S/C14H15N3O3/c1-9(7-13(18)20-2)16-14(19)12-8-15-10-5-3-4-6-11(10)17-12/h3-6,8-9H,7H2,1-2H3,(H,16,19). The molecule has 0 bridgehead atoms. The number of esters is 1. The van der Waals surface area contributed by atoms with Crippen molar-refractivity contribution in [2.75, 3.05) is 7.11 Å². The van der Waals surface area contributed by atoms with E-state index < -0.39 is 0 Å². The first-order valence-electron chi connectivity index (χ1n) is 6.19. The molecule has 0 spiro atoms. The van der Waals surface area contributed by atoms with Crippen LogP contribution < -0.4 is 5.32 Å². The van der Waals surface area contributed by atoms with E-state index in [4.69, 9.17) is 0 Å². The van der Waals surface area contributed by atoms with Crippen LogP contribution in [-0.2, 0) is 9.53 Å². The number of carbonyl (C=O) groups excluding carboxylic acids is 2. The van der Waals surface area contributed by atoms with E-state index in [1.807, 2.05) is 18.2 Å². The van der Waals surface area contributed by atoms with Gasteiger partial charge in [0, 0.05) is 6.04 Å². The number of methoxy groups -OCH3 is 1. The average molecular weight is 273 g/mol. The van der Waals surface area contributed by atoms with Crippen LogP contribution in [0.3, 0.4) is 0 Å². The Balaban J connectivity index is 2.09. The van der Waals surface area contributed by atoms with Crippen molar-refractivity contribution in [2.45, 2.75) is 19.4 Å². The fourth-order valence-corrected chi connectivity index (χ4v) is 1.75. The molecule has 0 radical (unpaired) electrons. The number of hydrogen-bond donors (Lipinski definition) is 1. The number of carbonyl (C=O) groups is 2. The Morgan fingerprint density at radius 2 is 2.00 bits per heavy atom. The van der Waals surface area contributed by atoms with E-state index in [0.717, 1.165) is 5.52 Å². The zero-order valence-electron chi connectivity index (χ0n) is 11.3. The van der Waals surface area contributed by atoms with Gasteiger partial charge < -0.3 is 10.1 Å². The molecular weight excluding hydrogens is 258 g/mol. The monoisotopic (exact) mass is 273 g/mol. The maximum atomic E-state index is 12.0. The molecule has 0 saturated heterocycles. The van der Waals surface area contributed by atoms with Gasteiger partial charge in [-0.15, -0.1) is 0 Å². The maximum Gasteiger partial charge on any atom is 0.307 e. The normalized spacial score (nSPS) is 11.9. The highest BCUT2D eigenvalue weighted by molar-refractivity contribution is 5.94. The number of benzene rings is 1. The summed E-state index contributed by atoms with van der Waals surface area (Å²) in [6, 6.07) is 6.97. The van der Waals surface area contributed by atoms with E-state index in [1.165, 1.54) is 13.3 Å². The van der Waals surface area contributed by atoms with Crippen LogP contribution in [0, 0.1) is 0 Å². The predicted molar refractivity (Wildman–Crippen MR) is 73.1 cm³/mol. The molecule has 0 aliphatic carbocycles. The predicted octanol–water partition coefficient (Wildman–Crippen LogP) is 1.31. The zero-order chi connectivity index (χ0) is 14.5. The minimum Gasteiger partial charge on any atom is -0.469 e. The summed E-state index contributed by atoms with van der Waals surface area (Å²) in [5.74, 6) is -0.734. The molecule has 1 N–H and O–H groups in total. The van der Waals surface area contributed by atoms with Crippen molar-refractivity contribution in [3.8, 4) is 0 Å². The molecule has 0 fully saturated rings. The van der Waals surface area contributed by atoms with Gasteiger partial charge in [-0.05, 0) is 19.1 Å². The Labute approximate surface area is 116 Å². The Kier molecular flexibility index (Phi) is 4.24. The number of amides is 1. The number of nitrogens with zero attached hydrogens (tertiary/aromatic N) is 2. The molecular formula is C14H15N3O3. The Morgan fingerprint density at radius 3 is 2.70 bits per heavy atom. The van der Waals surface area contributed by atoms with Gasteiger partial charge in [-0.1, -0.05) is 12.1 Å². The van der Waals surface area contributed by atoms with Gasteiger partial charge in [-0.2, -0.15) is 0 Å². The summed E-state index contributed by atoms with van der Waals surface area (Å²) in [6.45, 7) is 1.73. The number of fused-ring (bicyclic) bond motifs is 1. The van der Waals surface area contributed by atoms with Gasteiger partial charge in [0.2, 0.25) is 0 Å². The molecule has 6 heteroatoms. The van der Waals surface area contributed by atoms with E-state index in [-0.39, 0.29) is 30.0 Å². The van der Waals surface area contributed by atoms with Crippen molar-refractivity contribution < 1.29 is 14.3 Å². The summed E-state index contributed by atoms with van der Waals surface area (Å²) in [7, 11) is 1.31. The Morgan fingerprint density at radius 1 is 1.30 bits per heavy atom. The number of hydrogen-bond acceptors (Lipinski definition) is 5. The van der Waals surface area contributed by atoms with Gasteiger partial charge >= 0.3 is 5.97 Å². The van der Waals surface area contributed by atoms with Crippen LogP contribution in [-0.4, -0.2) is 35.0 Å². The van der Waals surface area contributed by atoms with Crippen LogP contribution in [0.4, 0.5) is 0 Å². The molecule has 20 heavy (non-hydrogen) atoms. The van der Waals surface area contributed by atoms with Crippen LogP contribution >= 0.6 is 0 Å². The average Bonchev–Trinajstić information content (AvgIpc) is 2.46. The number of aromatic nitrogens is 2. The fraction of sp³-hybridized carbons (Fsp3) is 0.286. The third kappa shape index (κ3) is 3.28. The minimum absolute atomic E-state index is 0.114. The molecule has 1 heterocycles. The molecule has 2 rings (SSSR count). The second kappa shape index (κ2) is 6.10. The van der Waals surface area contributed by atoms with Crippen LogP contribution in [0.5, 0.6) is 0 Å². The summed E-state index contributed by atoms with van der Waals surface area (Å²) in [5.41, 5.74) is 1.60. The lowest BCUT2D eigenvalue weighted by Crippen LogP contribution is -2.35. The summed E-state index contributed by atoms with van der Waals surface area (Å²) in [5, 5.41) is 2.68. The maximum absolute atomic E-state index is 12.0. The molecule has 0 aliphatic heterocycles.